The van der Waals surface area contributed by atoms with Crippen molar-refractivity contribution in [3.05, 3.63) is 0 Å². The number of carbonyl (C=O) groups is 1. The standard InChI is InChI=1S/C9H18N2O2.C3H7N/c1-9(2,3)13-8(12)11-6-4-10-5-7-11;4-3-1-2-3/h10H,4-7H2,1-3H3;3H,1-2,4H2. The third-order valence-corrected chi connectivity index (χ3v) is 2.39. The average molecular weight is 243 g/mol. The molecule has 0 bridgehead atoms. The van der Waals surface area contributed by atoms with Gasteiger partial charge in [-0.15, -0.1) is 0 Å². The van der Waals surface area contributed by atoms with E-state index in [2.05, 4.69) is 5.32 Å². The van der Waals surface area contributed by atoms with Crippen LogP contribution in [0.5, 0.6) is 0 Å². The highest BCUT2D eigenvalue weighted by molar-refractivity contribution is 5.68. The monoisotopic (exact) mass is 243 g/mol. The number of nitrogens with one attached hydrogen (secondary N) is 1. The van der Waals surface area contributed by atoms with Gasteiger partial charge in [-0.25, -0.2) is 4.79 Å². The maximum Gasteiger partial charge on any atom is 0.410 e. The second-order valence-electron chi connectivity index (χ2n) is 5.55. The number of hydrogen-bond acceptors (Lipinski definition) is 4. The molecule has 1 heterocycles. The molecule has 1 aliphatic carbocycles. The third-order valence-electron chi connectivity index (χ3n) is 2.39. The van der Waals surface area contributed by atoms with Gasteiger partial charge in [0.15, 0.2) is 0 Å². The fourth-order valence-corrected chi connectivity index (χ4v) is 1.27. The van der Waals surface area contributed by atoms with Crippen LogP contribution in [0.15, 0.2) is 0 Å². The van der Waals surface area contributed by atoms with Crippen LogP contribution in [0.25, 0.3) is 0 Å². The molecule has 2 rings (SSSR count). The molecule has 2 fully saturated rings. The largest absolute Gasteiger partial charge is 0.444 e. The number of amides is 1. The summed E-state index contributed by atoms with van der Waals surface area (Å²) in [6.45, 7) is 8.86. The van der Waals surface area contributed by atoms with Gasteiger partial charge in [-0.1, -0.05) is 0 Å². The third kappa shape index (κ3) is 7.18. The van der Waals surface area contributed by atoms with Gasteiger partial charge in [0.1, 0.15) is 5.60 Å². The average Bonchev–Trinajstić information content (AvgIpc) is 3.00. The number of hydrogen-bond donors (Lipinski definition) is 2. The van der Waals surface area contributed by atoms with Crippen LogP contribution in [0, 0.1) is 0 Å². The summed E-state index contributed by atoms with van der Waals surface area (Å²) in [5.74, 6) is 0. The fourth-order valence-electron chi connectivity index (χ4n) is 1.27. The molecule has 1 aliphatic heterocycles. The SMILES string of the molecule is CC(C)(C)OC(=O)N1CCNCC1.NC1CC1. The summed E-state index contributed by atoms with van der Waals surface area (Å²) in [4.78, 5) is 13.2. The summed E-state index contributed by atoms with van der Waals surface area (Å²) in [6.07, 6.45) is 2.33. The highest BCUT2D eigenvalue weighted by Crippen LogP contribution is 2.13. The summed E-state index contributed by atoms with van der Waals surface area (Å²) in [6, 6.07) is 0.583. The van der Waals surface area contributed by atoms with Crippen molar-refractivity contribution < 1.29 is 9.53 Å². The Morgan fingerprint density at radius 1 is 1.29 bits per heavy atom. The predicted octanol–water partition coefficient (Wildman–Crippen LogP) is 0.934. The zero-order chi connectivity index (χ0) is 12.9. The van der Waals surface area contributed by atoms with Gasteiger partial charge in [-0.3, -0.25) is 0 Å². The fraction of sp³-hybridized carbons (Fsp3) is 0.917. The first-order chi connectivity index (χ1) is 7.88. The molecule has 0 aromatic carbocycles. The minimum atomic E-state index is -0.387. The van der Waals surface area contributed by atoms with Gasteiger partial charge in [0.2, 0.25) is 0 Å². The smallest absolute Gasteiger partial charge is 0.410 e. The Morgan fingerprint density at radius 3 is 2.12 bits per heavy atom. The van der Waals surface area contributed by atoms with E-state index in [1.54, 1.807) is 4.90 Å². The van der Waals surface area contributed by atoms with Crippen molar-refractivity contribution in [1.82, 2.24) is 10.2 Å². The minimum absolute atomic E-state index is 0.200. The summed E-state index contributed by atoms with van der Waals surface area (Å²) in [5, 5.41) is 3.18. The maximum absolute atomic E-state index is 11.5. The van der Waals surface area contributed by atoms with Crippen molar-refractivity contribution in [2.75, 3.05) is 26.2 Å². The van der Waals surface area contributed by atoms with Gasteiger partial charge < -0.3 is 20.7 Å². The molecule has 100 valence electrons. The Hall–Kier alpha value is -0.810. The lowest BCUT2D eigenvalue weighted by Gasteiger charge is -2.30. The first kappa shape index (κ1) is 14.3. The van der Waals surface area contributed by atoms with E-state index in [1.807, 2.05) is 20.8 Å². The highest BCUT2D eigenvalue weighted by atomic mass is 16.6. The van der Waals surface area contributed by atoms with Crippen LogP contribution in [-0.2, 0) is 4.74 Å². The van der Waals surface area contributed by atoms with E-state index in [-0.39, 0.29) is 11.7 Å². The molecule has 0 atom stereocenters. The van der Waals surface area contributed by atoms with Gasteiger partial charge >= 0.3 is 6.09 Å². The Kier molecular flexibility index (Phi) is 5.21. The highest BCUT2D eigenvalue weighted by Gasteiger charge is 2.22. The minimum Gasteiger partial charge on any atom is -0.444 e. The normalized spacial score (nSPS) is 20.4. The summed E-state index contributed by atoms with van der Waals surface area (Å²) < 4.78 is 5.24. The first-order valence-corrected chi connectivity index (χ1v) is 6.33. The molecule has 0 radical (unpaired) electrons. The van der Waals surface area contributed by atoms with Crippen LogP contribution in [0.3, 0.4) is 0 Å². The van der Waals surface area contributed by atoms with Crippen molar-refractivity contribution in [3.8, 4) is 0 Å². The van der Waals surface area contributed by atoms with Crippen molar-refractivity contribution in [1.29, 1.82) is 0 Å². The summed E-state index contributed by atoms with van der Waals surface area (Å²) in [5.41, 5.74) is 4.84. The zero-order valence-corrected chi connectivity index (χ0v) is 11.2. The van der Waals surface area contributed by atoms with E-state index < -0.39 is 0 Å². The van der Waals surface area contributed by atoms with Crippen molar-refractivity contribution in [2.45, 2.75) is 45.3 Å². The zero-order valence-electron chi connectivity index (χ0n) is 11.2. The van der Waals surface area contributed by atoms with Crippen molar-refractivity contribution >= 4 is 6.09 Å². The maximum atomic E-state index is 11.5. The molecule has 1 amide bonds. The number of nitrogens with zero attached hydrogens (tertiary/aromatic N) is 1. The number of nitrogens with two attached hydrogens (primary N) is 1. The molecule has 0 spiro atoms. The van der Waals surface area contributed by atoms with Gasteiger partial charge in [0, 0.05) is 32.2 Å². The van der Waals surface area contributed by atoms with E-state index >= 15 is 0 Å². The lowest BCUT2D eigenvalue weighted by Crippen LogP contribution is -2.48. The summed E-state index contributed by atoms with van der Waals surface area (Å²) >= 11 is 0. The van der Waals surface area contributed by atoms with Crippen molar-refractivity contribution in [3.63, 3.8) is 0 Å². The topological polar surface area (TPSA) is 67.6 Å². The quantitative estimate of drug-likeness (QED) is 0.664. The molecule has 0 unspecified atom stereocenters. The molecule has 5 nitrogen and oxygen atoms in total. The Bertz CT molecular complexity index is 241. The predicted molar refractivity (Wildman–Crippen MR) is 67.9 cm³/mol. The second kappa shape index (κ2) is 6.21. The van der Waals surface area contributed by atoms with E-state index in [0.29, 0.717) is 6.04 Å². The lowest BCUT2D eigenvalue weighted by atomic mass is 10.2. The van der Waals surface area contributed by atoms with E-state index in [4.69, 9.17) is 10.5 Å². The van der Waals surface area contributed by atoms with E-state index in [9.17, 15) is 4.79 Å². The molecule has 3 N–H and O–H groups in total. The summed E-state index contributed by atoms with van der Waals surface area (Å²) in [7, 11) is 0. The van der Waals surface area contributed by atoms with Crippen LogP contribution in [0.2, 0.25) is 0 Å². The number of rotatable bonds is 0. The van der Waals surface area contributed by atoms with Gasteiger partial charge in [-0.05, 0) is 33.6 Å². The number of ether oxygens (including phenoxy) is 1. The van der Waals surface area contributed by atoms with Crippen LogP contribution >= 0.6 is 0 Å². The molecule has 2 aliphatic rings. The van der Waals surface area contributed by atoms with Crippen LogP contribution in [0.1, 0.15) is 33.6 Å². The number of piperazine rings is 1. The van der Waals surface area contributed by atoms with Gasteiger partial charge in [0.25, 0.3) is 0 Å². The molecule has 1 saturated carbocycles. The molecule has 17 heavy (non-hydrogen) atoms. The molecular weight excluding hydrogens is 218 g/mol. The number of carbonyl (C=O) groups excluding carboxylic acids is 1. The van der Waals surface area contributed by atoms with E-state index in [1.165, 1.54) is 12.8 Å². The first-order valence-electron chi connectivity index (χ1n) is 6.33. The molecule has 0 aromatic rings. The lowest BCUT2D eigenvalue weighted by molar-refractivity contribution is 0.0229. The Morgan fingerprint density at radius 2 is 1.76 bits per heavy atom. The molecular formula is C12H25N3O2. The molecule has 0 aromatic heterocycles. The Labute approximate surface area is 104 Å². The van der Waals surface area contributed by atoms with Crippen LogP contribution < -0.4 is 11.1 Å². The Balaban J connectivity index is 0.000000302. The van der Waals surface area contributed by atoms with Crippen molar-refractivity contribution in [2.24, 2.45) is 5.73 Å². The molecule has 5 heteroatoms. The molecule has 1 saturated heterocycles. The van der Waals surface area contributed by atoms with Gasteiger partial charge in [-0.2, -0.15) is 0 Å². The van der Waals surface area contributed by atoms with Crippen LogP contribution in [0.4, 0.5) is 4.79 Å². The second-order valence-corrected chi connectivity index (χ2v) is 5.55. The van der Waals surface area contributed by atoms with E-state index in [0.717, 1.165) is 26.2 Å². The van der Waals surface area contributed by atoms with Crippen LogP contribution in [-0.4, -0.2) is 48.8 Å². The van der Waals surface area contributed by atoms with Gasteiger partial charge in [0.05, 0.1) is 0 Å².